The van der Waals surface area contributed by atoms with E-state index in [0.717, 1.165) is 17.0 Å². The van der Waals surface area contributed by atoms with Crippen molar-refractivity contribution < 1.29 is 9.90 Å². The molecule has 0 spiro atoms. The van der Waals surface area contributed by atoms with Gasteiger partial charge in [0.25, 0.3) is 0 Å². The van der Waals surface area contributed by atoms with Crippen molar-refractivity contribution in [3.8, 4) is 0 Å². The molecule has 1 aliphatic heterocycles. The van der Waals surface area contributed by atoms with Gasteiger partial charge in [0, 0.05) is 26.2 Å². The molecule has 2 rings (SSSR count). The first-order valence-corrected chi connectivity index (χ1v) is 7.47. The van der Waals surface area contributed by atoms with Crippen LogP contribution in [0.4, 0.5) is 5.69 Å². The maximum absolute atomic E-state index is 11.2. The van der Waals surface area contributed by atoms with Gasteiger partial charge in [-0.3, -0.25) is 15.5 Å². The summed E-state index contributed by atoms with van der Waals surface area (Å²) in [5.74, 6) is -0.816. The second-order valence-electron chi connectivity index (χ2n) is 6.11. The van der Waals surface area contributed by atoms with E-state index in [9.17, 15) is 9.90 Å². The highest BCUT2D eigenvalue weighted by Crippen LogP contribution is 2.17. The van der Waals surface area contributed by atoms with Crippen molar-refractivity contribution in [1.29, 1.82) is 0 Å². The van der Waals surface area contributed by atoms with Crippen LogP contribution in [0, 0.1) is 5.92 Å². The van der Waals surface area contributed by atoms with Crippen molar-refractivity contribution in [2.24, 2.45) is 11.0 Å². The molecule has 6 nitrogen and oxygen atoms in total. The van der Waals surface area contributed by atoms with Crippen LogP contribution in [0.5, 0.6) is 0 Å². The molecule has 0 fully saturated rings. The lowest BCUT2D eigenvalue weighted by molar-refractivity contribution is -0.141. The molecule has 3 N–H and O–H groups in total. The van der Waals surface area contributed by atoms with Gasteiger partial charge in [0.15, 0.2) is 0 Å². The highest BCUT2D eigenvalue weighted by atomic mass is 16.4. The summed E-state index contributed by atoms with van der Waals surface area (Å²) >= 11 is 0. The molecular weight excluding hydrogens is 280 g/mol. The summed E-state index contributed by atoms with van der Waals surface area (Å²) in [6.45, 7) is 3.78. The van der Waals surface area contributed by atoms with Gasteiger partial charge in [0.05, 0.1) is 11.9 Å². The van der Waals surface area contributed by atoms with E-state index >= 15 is 0 Å². The fourth-order valence-corrected chi connectivity index (χ4v) is 2.44. The van der Waals surface area contributed by atoms with E-state index < -0.39 is 12.0 Å². The predicted octanol–water partition coefficient (Wildman–Crippen LogP) is 1.47. The molecule has 0 bridgehead atoms. The van der Waals surface area contributed by atoms with Crippen molar-refractivity contribution in [3.63, 3.8) is 0 Å². The molecule has 1 heterocycles. The second kappa shape index (κ2) is 6.79. The van der Waals surface area contributed by atoms with Crippen LogP contribution in [-0.2, 0) is 4.79 Å². The molecule has 2 atom stereocenters. The number of hydrazone groups is 1. The molecule has 0 saturated heterocycles. The van der Waals surface area contributed by atoms with Gasteiger partial charge in [0.1, 0.15) is 6.04 Å². The molecule has 2 unspecified atom stereocenters. The summed E-state index contributed by atoms with van der Waals surface area (Å²) in [7, 11) is 4.00. The SMILES string of the molecule is CC(C)C(NC1CC(c2ccc(N(C)C)cc2)=NN1)C(=O)O. The topological polar surface area (TPSA) is 77.0 Å². The zero-order valence-electron chi connectivity index (χ0n) is 13.5. The first-order chi connectivity index (χ1) is 10.4. The molecule has 1 aromatic rings. The number of carbonyl (C=O) groups is 1. The highest BCUT2D eigenvalue weighted by Gasteiger charge is 2.27. The number of carboxylic acids is 1. The lowest BCUT2D eigenvalue weighted by Crippen LogP contribution is -2.50. The van der Waals surface area contributed by atoms with Crippen LogP contribution >= 0.6 is 0 Å². The molecule has 1 aliphatic rings. The predicted molar refractivity (Wildman–Crippen MR) is 88.2 cm³/mol. The Labute approximate surface area is 131 Å². The van der Waals surface area contributed by atoms with Gasteiger partial charge in [-0.05, 0) is 23.6 Å². The average molecular weight is 304 g/mol. The van der Waals surface area contributed by atoms with Crippen molar-refractivity contribution in [1.82, 2.24) is 10.7 Å². The minimum Gasteiger partial charge on any atom is -0.480 e. The van der Waals surface area contributed by atoms with E-state index in [1.54, 1.807) is 0 Å². The maximum Gasteiger partial charge on any atom is 0.321 e. The third kappa shape index (κ3) is 3.76. The zero-order chi connectivity index (χ0) is 16.3. The molecule has 0 aromatic heterocycles. The lowest BCUT2D eigenvalue weighted by Gasteiger charge is -2.22. The van der Waals surface area contributed by atoms with Crippen LogP contribution in [0.3, 0.4) is 0 Å². The van der Waals surface area contributed by atoms with Gasteiger partial charge in [-0.25, -0.2) is 0 Å². The number of benzene rings is 1. The number of aliphatic carboxylic acids is 1. The molecule has 120 valence electrons. The van der Waals surface area contributed by atoms with Crippen LogP contribution in [0.1, 0.15) is 25.8 Å². The smallest absolute Gasteiger partial charge is 0.321 e. The molecule has 6 heteroatoms. The maximum atomic E-state index is 11.2. The molecule has 0 aliphatic carbocycles. The Morgan fingerprint density at radius 3 is 2.50 bits per heavy atom. The largest absolute Gasteiger partial charge is 0.480 e. The van der Waals surface area contributed by atoms with E-state index in [4.69, 9.17) is 0 Å². The number of rotatable bonds is 6. The Hall–Kier alpha value is -2.08. The number of nitrogens with zero attached hydrogens (tertiary/aromatic N) is 2. The minimum absolute atomic E-state index is 0.0164. The Morgan fingerprint density at radius 1 is 1.36 bits per heavy atom. The summed E-state index contributed by atoms with van der Waals surface area (Å²) in [4.78, 5) is 13.3. The van der Waals surface area contributed by atoms with Gasteiger partial charge in [-0.2, -0.15) is 5.10 Å². The number of nitrogens with one attached hydrogen (secondary N) is 2. The second-order valence-corrected chi connectivity index (χ2v) is 6.11. The number of hydrogen-bond donors (Lipinski definition) is 3. The van der Waals surface area contributed by atoms with Crippen molar-refractivity contribution in [2.45, 2.75) is 32.5 Å². The molecule has 0 saturated carbocycles. The van der Waals surface area contributed by atoms with E-state index in [1.807, 2.05) is 57.1 Å². The monoisotopic (exact) mass is 304 g/mol. The number of anilines is 1. The van der Waals surface area contributed by atoms with Crippen LogP contribution in [0.2, 0.25) is 0 Å². The van der Waals surface area contributed by atoms with E-state index in [-0.39, 0.29) is 12.1 Å². The molecule has 0 radical (unpaired) electrons. The summed E-state index contributed by atoms with van der Waals surface area (Å²) in [6.07, 6.45) is 0.518. The fourth-order valence-electron chi connectivity index (χ4n) is 2.44. The van der Waals surface area contributed by atoms with Crippen LogP contribution in [-0.4, -0.2) is 43.1 Å². The summed E-state index contributed by atoms with van der Waals surface area (Å²) in [5, 5.41) is 16.7. The fraction of sp³-hybridized carbons (Fsp3) is 0.500. The van der Waals surface area contributed by atoms with Gasteiger partial charge in [-0.1, -0.05) is 26.0 Å². The third-order valence-corrected chi connectivity index (χ3v) is 3.78. The van der Waals surface area contributed by atoms with Crippen LogP contribution in [0.25, 0.3) is 0 Å². The Balaban J connectivity index is 1.98. The molecular formula is C16H24N4O2. The molecule has 1 aromatic carbocycles. The highest BCUT2D eigenvalue weighted by molar-refractivity contribution is 6.02. The van der Waals surface area contributed by atoms with Crippen molar-refractivity contribution in [3.05, 3.63) is 29.8 Å². The third-order valence-electron chi connectivity index (χ3n) is 3.78. The standard InChI is InChI=1S/C16H24N4O2/c1-10(2)15(16(21)22)17-14-9-13(18-19-14)11-5-7-12(8-6-11)20(3)4/h5-8,10,14-15,17,19H,9H2,1-4H3,(H,21,22). The van der Waals surface area contributed by atoms with Crippen LogP contribution < -0.4 is 15.6 Å². The van der Waals surface area contributed by atoms with Crippen molar-refractivity contribution >= 4 is 17.4 Å². The quantitative estimate of drug-likeness (QED) is 0.742. The average Bonchev–Trinajstić information content (AvgIpc) is 2.92. The minimum atomic E-state index is -0.833. The first-order valence-electron chi connectivity index (χ1n) is 7.47. The van der Waals surface area contributed by atoms with Gasteiger partial charge in [-0.15, -0.1) is 0 Å². The van der Waals surface area contributed by atoms with Gasteiger partial charge < -0.3 is 10.0 Å². The Morgan fingerprint density at radius 2 is 2.00 bits per heavy atom. The zero-order valence-corrected chi connectivity index (χ0v) is 13.5. The molecule has 22 heavy (non-hydrogen) atoms. The van der Waals surface area contributed by atoms with Crippen LogP contribution in [0.15, 0.2) is 29.4 Å². The lowest BCUT2D eigenvalue weighted by atomic mass is 10.0. The number of hydrogen-bond acceptors (Lipinski definition) is 5. The van der Waals surface area contributed by atoms with Gasteiger partial charge >= 0.3 is 5.97 Å². The Bertz CT molecular complexity index is 552. The Kier molecular flexibility index (Phi) is 5.03. The normalized spacial score (nSPS) is 18.8. The number of carboxylic acid groups (broad SMARTS) is 1. The summed E-state index contributed by atoms with van der Waals surface area (Å²) in [5.41, 5.74) is 6.12. The van der Waals surface area contributed by atoms with Crippen molar-refractivity contribution in [2.75, 3.05) is 19.0 Å². The van der Waals surface area contributed by atoms with Gasteiger partial charge in [0.2, 0.25) is 0 Å². The summed E-state index contributed by atoms with van der Waals surface area (Å²) in [6, 6.07) is 7.59. The van der Waals surface area contributed by atoms with E-state index in [0.29, 0.717) is 6.42 Å². The summed E-state index contributed by atoms with van der Waals surface area (Å²) < 4.78 is 0. The van der Waals surface area contributed by atoms with E-state index in [2.05, 4.69) is 15.8 Å². The first kappa shape index (κ1) is 16.3. The van der Waals surface area contributed by atoms with E-state index in [1.165, 1.54) is 0 Å². The molecule has 0 amide bonds.